The van der Waals surface area contributed by atoms with Crippen molar-refractivity contribution in [2.45, 2.75) is 5.41 Å². The summed E-state index contributed by atoms with van der Waals surface area (Å²) in [6.07, 6.45) is 0. The Balaban J connectivity index is 1.09. The predicted molar refractivity (Wildman–Crippen MR) is 238 cm³/mol. The Morgan fingerprint density at radius 1 is 0.345 bits per heavy atom. The van der Waals surface area contributed by atoms with Gasteiger partial charge in [0.1, 0.15) is 22.7 Å². The van der Waals surface area contributed by atoms with E-state index < -0.39 is 5.41 Å². The summed E-state index contributed by atoms with van der Waals surface area (Å²) < 4.78 is 13.5. The third-order valence-corrected chi connectivity index (χ3v) is 12.7. The van der Waals surface area contributed by atoms with Crippen LogP contribution in [0.5, 0.6) is 11.5 Å². The second-order valence-electron chi connectivity index (χ2n) is 15.6. The molecule has 10 aromatic carbocycles. The molecule has 58 heavy (non-hydrogen) atoms. The van der Waals surface area contributed by atoms with E-state index in [2.05, 4.69) is 205 Å². The maximum absolute atomic E-state index is 6.84. The Morgan fingerprint density at radius 2 is 0.897 bits per heavy atom. The van der Waals surface area contributed by atoms with E-state index in [0.29, 0.717) is 0 Å². The van der Waals surface area contributed by atoms with Gasteiger partial charge in [0.2, 0.25) is 0 Å². The molecule has 0 N–H and O–H groups in total. The molecule has 2 heterocycles. The quantitative estimate of drug-likeness (QED) is 0.169. The molecule has 3 nitrogen and oxygen atoms in total. The number of rotatable bonds is 3. The first-order chi connectivity index (χ1) is 28.7. The average molecular weight is 740 g/mol. The Kier molecular flexibility index (Phi) is 6.37. The van der Waals surface area contributed by atoms with E-state index in [4.69, 9.17) is 9.15 Å². The van der Waals surface area contributed by atoms with E-state index in [9.17, 15) is 0 Å². The normalized spacial score (nSPS) is 13.4. The minimum absolute atomic E-state index is 0.576. The van der Waals surface area contributed by atoms with Crippen LogP contribution in [0.1, 0.15) is 22.3 Å². The molecule has 0 saturated heterocycles. The average Bonchev–Trinajstić information content (AvgIpc) is 3.81. The second-order valence-corrected chi connectivity index (χ2v) is 15.6. The zero-order valence-corrected chi connectivity index (χ0v) is 31.3. The van der Waals surface area contributed by atoms with Crippen LogP contribution >= 0.6 is 0 Å². The lowest BCUT2D eigenvalue weighted by Gasteiger charge is -2.40. The molecule has 2 aliphatic rings. The van der Waals surface area contributed by atoms with Crippen LogP contribution in [-0.4, -0.2) is 0 Å². The van der Waals surface area contributed by atoms with Crippen molar-refractivity contribution in [2.75, 3.05) is 4.90 Å². The van der Waals surface area contributed by atoms with Gasteiger partial charge < -0.3 is 14.1 Å². The Hall–Kier alpha value is -7.62. The van der Waals surface area contributed by atoms with Gasteiger partial charge in [-0.25, -0.2) is 0 Å². The number of hydrogen-bond donors (Lipinski definition) is 0. The molecule has 0 fully saturated rings. The van der Waals surface area contributed by atoms with Crippen molar-refractivity contribution in [3.8, 4) is 22.6 Å². The van der Waals surface area contributed by atoms with Gasteiger partial charge in [0.25, 0.3) is 0 Å². The van der Waals surface area contributed by atoms with Crippen LogP contribution in [0.4, 0.5) is 17.1 Å². The van der Waals surface area contributed by atoms with Crippen molar-refractivity contribution >= 4 is 71.3 Å². The maximum atomic E-state index is 6.84. The number of fused-ring (bicyclic) bond motifs is 17. The molecule has 0 bridgehead atoms. The lowest BCUT2D eigenvalue weighted by Crippen LogP contribution is -2.32. The van der Waals surface area contributed by atoms with Gasteiger partial charge in [-0.1, -0.05) is 140 Å². The molecule has 0 saturated carbocycles. The smallest absolute Gasteiger partial charge is 0.143 e. The van der Waals surface area contributed by atoms with Crippen molar-refractivity contribution < 1.29 is 9.15 Å². The maximum Gasteiger partial charge on any atom is 0.143 e. The number of ether oxygens (including phenoxy) is 1. The molecule has 1 aliphatic heterocycles. The Labute approximate surface area is 334 Å². The topological polar surface area (TPSA) is 25.6 Å². The van der Waals surface area contributed by atoms with E-state index in [1.54, 1.807) is 0 Å². The fourth-order valence-electron chi connectivity index (χ4n) is 10.2. The van der Waals surface area contributed by atoms with E-state index in [0.717, 1.165) is 67.0 Å². The van der Waals surface area contributed by atoms with Crippen LogP contribution in [0.3, 0.4) is 0 Å². The van der Waals surface area contributed by atoms with Crippen LogP contribution in [0.15, 0.2) is 205 Å². The Bertz CT molecular complexity index is 3480. The molecular formula is C55H33NO2. The molecule has 0 amide bonds. The highest BCUT2D eigenvalue weighted by Gasteiger charge is 2.51. The zero-order chi connectivity index (χ0) is 38.0. The van der Waals surface area contributed by atoms with E-state index in [1.165, 1.54) is 49.2 Å². The van der Waals surface area contributed by atoms with Gasteiger partial charge >= 0.3 is 0 Å². The number of anilines is 3. The van der Waals surface area contributed by atoms with Gasteiger partial charge in [0.15, 0.2) is 0 Å². The summed E-state index contributed by atoms with van der Waals surface area (Å²) in [5, 5.41) is 9.39. The summed E-state index contributed by atoms with van der Waals surface area (Å²) in [4.78, 5) is 2.40. The standard InChI is InChI=1S/C55H33NO2/c1-3-13-40-34(11-1)21-22-36-31-37(24-28-41(36)40)56(38-25-29-51-46(32-38)45-27-23-35-12-2-4-14-42(35)54(45)58-51)39-26-30-53-50(33-39)55(49-19-9-10-20-52(49)57-53)47-17-7-5-15-43(47)44-16-6-8-18-48(44)55/h1-33H. The van der Waals surface area contributed by atoms with Crippen LogP contribution in [0, 0.1) is 0 Å². The number of hydrogen-bond acceptors (Lipinski definition) is 3. The van der Waals surface area contributed by atoms with Crippen molar-refractivity contribution in [1.82, 2.24) is 0 Å². The highest BCUT2D eigenvalue weighted by atomic mass is 16.5. The largest absolute Gasteiger partial charge is 0.457 e. The summed E-state index contributed by atoms with van der Waals surface area (Å²) in [5.74, 6) is 1.75. The first kappa shape index (κ1) is 31.6. The number of nitrogens with zero attached hydrogens (tertiary/aromatic N) is 1. The fourth-order valence-corrected chi connectivity index (χ4v) is 10.2. The molecule has 1 aromatic heterocycles. The fraction of sp³-hybridized carbons (Fsp3) is 0.0182. The van der Waals surface area contributed by atoms with Crippen LogP contribution < -0.4 is 9.64 Å². The van der Waals surface area contributed by atoms with Crippen molar-refractivity contribution in [3.05, 3.63) is 222 Å². The van der Waals surface area contributed by atoms with Crippen LogP contribution in [0.25, 0.3) is 65.4 Å². The zero-order valence-electron chi connectivity index (χ0n) is 31.3. The third-order valence-electron chi connectivity index (χ3n) is 12.7. The first-order valence-electron chi connectivity index (χ1n) is 19.9. The molecular weight excluding hydrogens is 707 g/mol. The molecule has 0 unspecified atom stereocenters. The molecule has 270 valence electrons. The summed E-state index contributed by atoms with van der Waals surface area (Å²) >= 11 is 0. The van der Waals surface area contributed by atoms with Gasteiger partial charge in [0.05, 0.1) is 5.41 Å². The minimum Gasteiger partial charge on any atom is -0.457 e. The Morgan fingerprint density at radius 3 is 1.72 bits per heavy atom. The van der Waals surface area contributed by atoms with Gasteiger partial charge in [-0.3, -0.25) is 0 Å². The lowest BCUT2D eigenvalue weighted by molar-refractivity contribution is 0.436. The minimum atomic E-state index is -0.576. The van der Waals surface area contributed by atoms with Gasteiger partial charge in [-0.15, -0.1) is 0 Å². The summed E-state index contributed by atoms with van der Waals surface area (Å²) in [6.45, 7) is 0. The van der Waals surface area contributed by atoms with Crippen LogP contribution in [-0.2, 0) is 5.41 Å². The lowest BCUT2D eigenvalue weighted by atomic mass is 9.66. The second kappa shape index (κ2) is 11.7. The molecule has 1 aliphatic carbocycles. The van der Waals surface area contributed by atoms with E-state index in [-0.39, 0.29) is 0 Å². The number of para-hydroxylation sites is 1. The van der Waals surface area contributed by atoms with E-state index in [1.807, 2.05) is 0 Å². The first-order valence-corrected chi connectivity index (χ1v) is 19.9. The number of benzene rings is 10. The summed E-state index contributed by atoms with van der Waals surface area (Å²) in [5.41, 5.74) is 11.7. The van der Waals surface area contributed by atoms with Gasteiger partial charge in [-0.2, -0.15) is 0 Å². The van der Waals surface area contributed by atoms with E-state index >= 15 is 0 Å². The molecule has 11 aromatic rings. The predicted octanol–water partition coefficient (Wildman–Crippen LogP) is 15.0. The third kappa shape index (κ3) is 4.22. The van der Waals surface area contributed by atoms with Crippen molar-refractivity contribution in [1.29, 1.82) is 0 Å². The molecule has 3 heteroatoms. The summed E-state index contributed by atoms with van der Waals surface area (Å²) in [6, 6.07) is 72.6. The van der Waals surface area contributed by atoms with Crippen LogP contribution in [0.2, 0.25) is 0 Å². The molecule has 1 spiro atoms. The van der Waals surface area contributed by atoms with Crippen molar-refractivity contribution in [2.24, 2.45) is 0 Å². The molecule has 13 rings (SSSR count). The summed E-state index contributed by atoms with van der Waals surface area (Å²) in [7, 11) is 0. The monoisotopic (exact) mass is 739 g/mol. The van der Waals surface area contributed by atoms with Gasteiger partial charge in [0, 0.05) is 44.3 Å². The van der Waals surface area contributed by atoms with Crippen molar-refractivity contribution in [3.63, 3.8) is 0 Å². The molecule has 0 atom stereocenters. The SMILES string of the molecule is c1ccc2c(c1)Oc1ccc(N(c3ccc4c(ccc5ccccc54)c3)c3ccc4oc5c6ccccc6ccc5c4c3)cc1C21c2ccccc2-c2ccccc21. The number of furan rings is 1. The molecule has 0 radical (unpaired) electrons. The highest BCUT2D eigenvalue weighted by molar-refractivity contribution is 6.16. The van der Waals surface area contributed by atoms with Gasteiger partial charge in [-0.05, 0) is 110 Å². The highest BCUT2D eigenvalue weighted by Crippen LogP contribution is 2.62.